The Bertz CT molecular complexity index is 1070. The largest absolute Gasteiger partial charge is 0.416 e. The number of amides is 1. The van der Waals surface area contributed by atoms with Gasteiger partial charge in [0.05, 0.1) is 29.1 Å². The second kappa shape index (κ2) is 11.9. The fourth-order valence-electron chi connectivity index (χ4n) is 3.47. The summed E-state index contributed by atoms with van der Waals surface area (Å²) in [5.41, 5.74) is -0.364. The van der Waals surface area contributed by atoms with Gasteiger partial charge in [-0.15, -0.1) is 0 Å². The van der Waals surface area contributed by atoms with E-state index in [4.69, 9.17) is 11.6 Å². The zero-order chi connectivity index (χ0) is 25.5. The molecule has 0 bridgehead atoms. The fraction of sp³-hybridized carbons (Fsp3) is 0.458. The molecule has 2 rings (SSSR count). The summed E-state index contributed by atoms with van der Waals surface area (Å²) in [5, 5.41) is 2.81. The zero-order valence-corrected chi connectivity index (χ0v) is 21.0. The number of carbonyl (C=O) groups excluding carboxylic acids is 1. The number of benzene rings is 2. The topological polar surface area (TPSA) is 66.5 Å². The van der Waals surface area contributed by atoms with Gasteiger partial charge in [0.25, 0.3) is 5.91 Å². The highest BCUT2D eigenvalue weighted by atomic mass is 35.5. The van der Waals surface area contributed by atoms with Crippen LogP contribution in [0.25, 0.3) is 0 Å². The van der Waals surface area contributed by atoms with Crippen LogP contribution < -0.4 is 9.62 Å². The standard InChI is InChI=1S/C24H30ClF3N2O3S/c1-4-6-7-17(5-2)15-29-23(31)19-10-8-18(9-11-19)16-30(34(3,32)33)22-14-20(24(26,27)28)12-13-21(22)25/h8-14,17H,4-7,15-16H2,1-3H3,(H,29,31)/t17-/m1/s1. The molecule has 0 aliphatic carbocycles. The minimum atomic E-state index is -4.65. The maximum atomic E-state index is 13.2. The number of nitrogens with one attached hydrogen (secondary N) is 1. The molecule has 2 aromatic carbocycles. The van der Waals surface area contributed by atoms with Crippen molar-refractivity contribution in [2.45, 2.75) is 52.3 Å². The Kier molecular flexibility index (Phi) is 9.82. The number of alkyl halides is 3. The van der Waals surface area contributed by atoms with E-state index < -0.39 is 21.8 Å². The van der Waals surface area contributed by atoms with Crippen molar-refractivity contribution < 1.29 is 26.4 Å². The average Bonchev–Trinajstić information content (AvgIpc) is 2.77. The molecular formula is C24H30ClF3N2O3S. The number of sulfonamides is 1. The van der Waals surface area contributed by atoms with Crippen molar-refractivity contribution in [2.75, 3.05) is 17.1 Å². The molecule has 0 aliphatic rings. The Morgan fingerprint density at radius 3 is 2.29 bits per heavy atom. The molecule has 1 amide bonds. The van der Waals surface area contributed by atoms with Crippen LogP contribution in [0.3, 0.4) is 0 Å². The van der Waals surface area contributed by atoms with Crippen LogP contribution in [-0.4, -0.2) is 27.1 Å². The molecule has 0 fully saturated rings. The number of rotatable bonds is 11. The molecule has 2 aromatic rings. The second-order valence-corrected chi connectivity index (χ2v) is 10.6. The lowest BCUT2D eigenvalue weighted by molar-refractivity contribution is -0.137. The van der Waals surface area contributed by atoms with Crippen LogP contribution in [0.1, 0.15) is 61.0 Å². The van der Waals surface area contributed by atoms with Crippen LogP contribution in [0, 0.1) is 5.92 Å². The summed E-state index contributed by atoms with van der Waals surface area (Å²) < 4.78 is 65.1. The molecule has 1 atom stereocenters. The van der Waals surface area contributed by atoms with Crippen LogP contribution in [0.2, 0.25) is 5.02 Å². The van der Waals surface area contributed by atoms with E-state index in [1.54, 1.807) is 24.3 Å². The Labute approximate surface area is 204 Å². The highest BCUT2D eigenvalue weighted by molar-refractivity contribution is 7.92. The zero-order valence-electron chi connectivity index (χ0n) is 19.5. The Morgan fingerprint density at radius 1 is 1.12 bits per heavy atom. The molecule has 0 heterocycles. The number of halogens is 4. The molecule has 34 heavy (non-hydrogen) atoms. The van der Waals surface area contributed by atoms with Gasteiger partial charge < -0.3 is 5.32 Å². The molecule has 10 heteroatoms. The molecule has 0 unspecified atom stereocenters. The lowest BCUT2D eigenvalue weighted by Crippen LogP contribution is -2.30. The summed E-state index contributed by atoms with van der Waals surface area (Å²) in [7, 11) is -3.95. The van der Waals surface area contributed by atoms with Crippen molar-refractivity contribution in [3.05, 3.63) is 64.2 Å². The molecule has 0 saturated carbocycles. The first-order valence-electron chi connectivity index (χ1n) is 11.1. The number of unbranched alkanes of at least 4 members (excludes halogenated alkanes) is 1. The fourth-order valence-corrected chi connectivity index (χ4v) is 4.63. The van der Waals surface area contributed by atoms with E-state index in [0.29, 0.717) is 29.7 Å². The number of carbonyl (C=O) groups is 1. The van der Waals surface area contributed by atoms with Gasteiger partial charge in [-0.2, -0.15) is 13.2 Å². The highest BCUT2D eigenvalue weighted by Crippen LogP contribution is 2.36. The van der Waals surface area contributed by atoms with E-state index in [2.05, 4.69) is 19.2 Å². The van der Waals surface area contributed by atoms with Crippen molar-refractivity contribution in [3.63, 3.8) is 0 Å². The van der Waals surface area contributed by atoms with E-state index in [1.165, 1.54) is 0 Å². The summed E-state index contributed by atoms with van der Waals surface area (Å²) in [4.78, 5) is 12.5. The van der Waals surface area contributed by atoms with Crippen molar-refractivity contribution in [1.82, 2.24) is 5.32 Å². The third kappa shape index (κ3) is 7.91. The van der Waals surface area contributed by atoms with Crippen molar-refractivity contribution in [3.8, 4) is 0 Å². The van der Waals surface area contributed by atoms with Crippen molar-refractivity contribution in [1.29, 1.82) is 0 Å². The Hall–Kier alpha value is -2.26. The van der Waals surface area contributed by atoms with Crippen molar-refractivity contribution in [2.24, 2.45) is 5.92 Å². The first-order valence-corrected chi connectivity index (χ1v) is 13.3. The maximum Gasteiger partial charge on any atom is 0.416 e. The van der Waals surface area contributed by atoms with Crippen LogP contribution in [0.15, 0.2) is 42.5 Å². The van der Waals surface area contributed by atoms with Gasteiger partial charge in [-0.3, -0.25) is 9.10 Å². The van der Waals surface area contributed by atoms with Crippen molar-refractivity contribution >= 4 is 33.2 Å². The molecule has 0 saturated heterocycles. The van der Waals surface area contributed by atoms with Gasteiger partial charge >= 0.3 is 6.18 Å². The van der Waals surface area contributed by atoms with Gasteiger partial charge in [0.15, 0.2) is 0 Å². The van der Waals surface area contributed by atoms with E-state index in [-0.39, 0.29) is 23.2 Å². The minimum absolute atomic E-state index is 0.122. The first-order chi connectivity index (χ1) is 15.9. The van der Waals surface area contributed by atoms with E-state index in [9.17, 15) is 26.4 Å². The molecule has 0 radical (unpaired) electrons. The van der Waals surface area contributed by atoms with Gasteiger partial charge in [-0.05, 0) is 48.2 Å². The van der Waals surface area contributed by atoms with Gasteiger partial charge in [0.1, 0.15) is 0 Å². The monoisotopic (exact) mass is 518 g/mol. The number of nitrogens with zero attached hydrogens (tertiary/aromatic N) is 1. The predicted octanol–water partition coefficient (Wildman–Crippen LogP) is 6.27. The third-order valence-electron chi connectivity index (χ3n) is 5.58. The van der Waals surface area contributed by atoms with Crippen LogP contribution in [0.5, 0.6) is 0 Å². The molecule has 188 valence electrons. The predicted molar refractivity (Wildman–Crippen MR) is 130 cm³/mol. The second-order valence-electron chi connectivity index (χ2n) is 8.26. The number of hydrogen-bond acceptors (Lipinski definition) is 3. The third-order valence-corrected chi connectivity index (χ3v) is 7.03. The molecule has 0 aliphatic heterocycles. The van der Waals surface area contributed by atoms with Gasteiger partial charge in [0.2, 0.25) is 10.0 Å². The van der Waals surface area contributed by atoms with Crippen LogP contribution in [0.4, 0.5) is 18.9 Å². The smallest absolute Gasteiger partial charge is 0.352 e. The SMILES string of the molecule is CCCC[C@@H](CC)CNC(=O)c1ccc(CN(c2cc(C(F)(F)F)ccc2Cl)S(C)(=O)=O)cc1. The number of hydrogen-bond donors (Lipinski definition) is 1. The van der Waals surface area contributed by atoms with E-state index in [0.717, 1.165) is 48.4 Å². The van der Waals surface area contributed by atoms with E-state index in [1.807, 2.05) is 0 Å². The number of anilines is 1. The highest BCUT2D eigenvalue weighted by Gasteiger charge is 2.32. The minimum Gasteiger partial charge on any atom is -0.352 e. The first kappa shape index (κ1) is 28.0. The molecule has 1 N–H and O–H groups in total. The maximum absolute atomic E-state index is 13.2. The molecular weight excluding hydrogens is 489 g/mol. The van der Waals surface area contributed by atoms with Gasteiger partial charge in [-0.25, -0.2) is 8.42 Å². The molecule has 5 nitrogen and oxygen atoms in total. The quantitative estimate of drug-likeness (QED) is 0.381. The van der Waals surface area contributed by atoms with Gasteiger partial charge in [-0.1, -0.05) is 56.8 Å². The summed E-state index contributed by atoms with van der Waals surface area (Å²) in [5.74, 6) is 0.172. The Balaban J connectivity index is 2.19. The summed E-state index contributed by atoms with van der Waals surface area (Å²) in [6.07, 6.45) is 0.473. The summed E-state index contributed by atoms with van der Waals surface area (Å²) in [6, 6.07) is 8.80. The van der Waals surface area contributed by atoms with Crippen LogP contribution >= 0.6 is 11.6 Å². The normalized spacial score (nSPS) is 12.9. The summed E-state index contributed by atoms with van der Waals surface area (Å²) >= 11 is 6.06. The summed E-state index contributed by atoms with van der Waals surface area (Å²) in [6.45, 7) is 4.55. The Morgan fingerprint density at radius 2 is 1.76 bits per heavy atom. The van der Waals surface area contributed by atoms with Crippen LogP contribution in [-0.2, 0) is 22.7 Å². The van der Waals surface area contributed by atoms with Gasteiger partial charge in [0, 0.05) is 12.1 Å². The van der Waals surface area contributed by atoms with E-state index >= 15 is 0 Å². The lowest BCUT2D eigenvalue weighted by Gasteiger charge is -2.24. The average molecular weight is 519 g/mol. The molecule has 0 aromatic heterocycles. The molecule has 0 spiro atoms. The lowest BCUT2D eigenvalue weighted by atomic mass is 9.99.